The molecule has 0 spiro atoms. The summed E-state index contributed by atoms with van der Waals surface area (Å²) in [5.74, 6) is -5.32. The van der Waals surface area contributed by atoms with Gasteiger partial charge in [-0.1, -0.05) is 6.07 Å². The minimum absolute atomic E-state index is 0.527. The van der Waals surface area contributed by atoms with Gasteiger partial charge in [-0.05, 0) is 12.1 Å². The van der Waals surface area contributed by atoms with Gasteiger partial charge in [0.25, 0.3) is 5.56 Å². The van der Waals surface area contributed by atoms with Crippen LogP contribution in [0.4, 0.5) is 8.78 Å². The van der Waals surface area contributed by atoms with Gasteiger partial charge in [0.15, 0.2) is 5.69 Å². The maximum atomic E-state index is 13.7. The number of rotatable bonds is 2. The second-order valence-corrected chi connectivity index (χ2v) is 3.90. The first kappa shape index (κ1) is 13.7. The molecule has 0 saturated carbocycles. The molecule has 1 aromatic heterocycles. The van der Waals surface area contributed by atoms with E-state index < -0.39 is 46.0 Å². The van der Waals surface area contributed by atoms with Crippen LogP contribution in [-0.4, -0.2) is 25.7 Å². The molecule has 0 aliphatic rings. The molecule has 6 nitrogen and oxygen atoms in total. The Morgan fingerprint density at radius 2 is 1.85 bits per heavy atom. The molecule has 1 aromatic carbocycles. The van der Waals surface area contributed by atoms with E-state index in [2.05, 4.69) is 4.98 Å². The van der Waals surface area contributed by atoms with Crippen LogP contribution in [-0.2, 0) is 7.05 Å². The second-order valence-electron chi connectivity index (χ2n) is 3.90. The number of halogens is 2. The fourth-order valence-corrected chi connectivity index (χ4v) is 1.67. The van der Waals surface area contributed by atoms with Crippen molar-refractivity contribution in [2.45, 2.75) is 0 Å². The van der Waals surface area contributed by atoms with Crippen LogP contribution >= 0.6 is 0 Å². The fraction of sp³-hybridized carbons (Fsp3) is 0.0833. The van der Waals surface area contributed by atoms with Gasteiger partial charge in [0, 0.05) is 7.05 Å². The zero-order valence-corrected chi connectivity index (χ0v) is 10.1. The van der Waals surface area contributed by atoms with Crippen molar-refractivity contribution in [2.24, 2.45) is 7.05 Å². The van der Waals surface area contributed by atoms with E-state index in [4.69, 9.17) is 5.11 Å². The van der Waals surface area contributed by atoms with Crippen molar-refractivity contribution >= 4 is 5.97 Å². The van der Waals surface area contributed by atoms with E-state index in [1.165, 1.54) is 0 Å². The Bertz CT molecular complexity index is 751. The molecule has 0 atom stereocenters. The van der Waals surface area contributed by atoms with Gasteiger partial charge in [0.2, 0.25) is 5.75 Å². The Labute approximate surface area is 110 Å². The average Bonchev–Trinajstić information content (AvgIpc) is 2.38. The number of benzene rings is 1. The topological polar surface area (TPSA) is 92.4 Å². The molecule has 0 unspecified atom stereocenters. The summed E-state index contributed by atoms with van der Waals surface area (Å²) in [6.45, 7) is 0. The van der Waals surface area contributed by atoms with Crippen LogP contribution in [0, 0.1) is 11.6 Å². The lowest BCUT2D eigenvalue weighted by molar-refractivity contribution is 0.0686. The number of aromatic carboxylic acids is 1. The molecular weight excluding hydrogens is 274 g/mol. The molecular formula is C12H8F2N2O4. The smallest absolute Gasteiger partial charge is 0.358 e. The highest BCUT2D eigenvalue weighted by Crippen LogP contribution is 2.24. The van der Waals surface area contributed by atoms with Crippen LogP contribution in [0.2, 0.25) is 0 Å². The third kappa shape index (κ3) is 2.00. The van der Waals surface area contributed by atoms with E-state index in [1.807, 2.05) is 0 Å². The van der Waals surface area contributed by atoms with Crippen LogP contribution < -0.4 is 5.56 Å². The van der Waals surface area contributed by atoms with Crippen molar-refractivity contribution < 1.29 is 23.8 Å². The van der Waals surface area contributed by atoms with Crippen LogP contribution in [0.1, 0.15) is 10.5 Å². The zero-order valence-electron chi connectivity index (χ0n) is 10.1. The molecule has 1 heterocycles. The number of carbonyl (C=O) groups is 1. The molecule has 0 saturated heterocycles. The fourth-order valence-electron chi connectivity index (χ4n) is 1.67. The van der Waals surface area contributed by atoms with Gasteiger partial charge in [0.1, 0.15) is 17.5 Å². The Hall–Kier alpha value is -2.77. The van der Waals surface area contributed by atoms with Crippen LogP contribution in [0.15, 0.2) is 23.0 Å². The van der Waals surface area contributed by atoms with Crippen LogP contribution in [0.3, 0.4) is 0 Å². The van der Waals surface area contributed by atoms with E-state index in [0.29, 0.717) is 4.57 Å². The monoisotopic (exact) mass is 282 g/mol. The SMILES string of the molecule is Cn1c(-c2c(F)cccc2F)nc(C(=O)O)c(O)c1=O. The highest BCUT2D eigenvalue weighted by atomic mass is 19.1. The minimum atomic E-state index is -1.68. The van der Waals surface area contributed by atoms with Crippen molar-refractivity contribution in [3.8, 4) is 17.1 Å². The molecule has 0 amide bonds. The normalized spacial score (nSPS) is 10.6. The van der Waals surface area contributed by atoms with Crippen LogP contribution in [0.25, 0.3) is 11.4 Å². The predicted molar refractivity (Wildman–Crippen MR) is 63.5 cm³/mol. The molecule has 0 bridgehead atoms. The van der Waals surface area contributed by atoms with Gasteiger partial charge in [0.05, 0.1) is 5.56 Å². The summed E-state index contributed by atoms with van der Waals surface area (Å²) >= 11 is 0. The molecule has 2 rings (SSSR count). The lowest BCUT2D eigenvalue weighted by Crippen LogP contribution is -2.23. The molecule has 0 radical (unpaired) electrons. The molecule has 20 heavy (non-hydrogen) atoms. The summed E-state index contributed by atoms with van der Waals surface area (Å²) in [6.07, 6.45) is 0. The van der Waals surface area contributed by atoms with Crippen LogP contribution in [0.5, 0.6) is 5.75 Å². The molecule has 104 valence electrons. The van der Waals surface area contributed by atoms with E-state index in [-0.39, 0.29) is 0 Å². The van der Waals surface area contributed by atoms with Gasteiger partial charge in [-0.2, -0.15) is 0 Å². The highest BCUT2D eigenvalue weighted by molar-refractivity contribution is 5.88. The Morgan fingerprint density at radius 3 is 2.35 bits per heavy atom. The summed E-state index contributed by atoms with van der Waals surface area (Å²) in [6, 6.07) is 3.00. The van der Waals surface area contributed by atoms with Gasteiger partial charge in [-0.25, -0.2) is 18.6 Å². The number of carboxylic acids is 1. The summed E-state index contributed by atoms with van der Waals surface area (Å²) in [5, 5.41) is 18.2. The quantitative estimate of drug-likeness (QED) is 0.861. The maximum Gasteiger partial charge on any atom is 0.358 e. The number of carboxylic acid groups (broad SMARTS) is 1. The van der Waals surface area contributed by atoms with E-state index in [1.54, 1.807) is 0 Å². The zero-order chi connectivity index (χ0) is 15.0. The highest BCUT2D eigenvalue weighted by Gasteiger charge is 2.23. The standard InChI is InChI=1S/C12H8F2N2O4/c1-16-10(7-5(13)3-2-4-6(7)14)15-8(12(19)20)9(17)11(16)18/h2-4,17H,1H3,(H,19,20). The van der Waals surface area contributed by atoms with E-state index in [9.17, 15) is 23.5 Å². The molecule has 2 aromatic rings. The molecule has 0 aliphatic carbocycles. The number of hydrogen-bond donors (Lipinski definition) is 2. The first-order chi connectivity index (χ1) is 9.34. The van der Waals surface area contributed by atoms with Gasteiger partial charge in [-0.15, -0.1) is 0 Å². The molecule has 0 aliphatic heterocycles. The third-order valence-corrected chi connectivity index (χ3v) is 2.66. The third-order valence-electron chi connectivity index (χ3n) is 2.66. The molecule has 8 heteroatoms. The number of aromatic nitrogens is 2. The number of aromatic hydroxyl groups is 1. The Morgan fingerprint density at radius 1 is 1.30 bits per heavy atom. The average molecular weight is 282 g/mol. The first-order valence-electron chi connectivity index (χ1n) is 5.32. The van der Waals surface area contributed by atoms with E-state index >= 15 is 0 Å². The first-order valence-corrected chi connectivity index (χ1v) is 5.32. The van der Waals surface area contributed by atoms with Gasteiger partial charge >= 0.3 is 5.97 Å². The summed E-state index contributed by atoms with van der Waals surface area (Å²) in [5.41, 5.74) is -2.73. The van der Waals surface area contributed by atoms with Crippen molar-refractivity contribution in [2.75, 3.05) is 0 Å². The maximum absolute atomic E-state index is 13.7. The lowest BCUT2D eigenvalue weighted by atomic mass is 10.1. The van der Waals surface area contributed by atoms with Crippen molar-refractivity contribution in [3.63, 3.8) is 0 Å². The second kappa shape index (κ2) is 4.72. The van der Waals surface area contributed by atoms with Crippen molar-refractivity contribution in [3.05, 3.63) is 45.9 Å². The largest absolute Gasteiger partial charge is 0.501 e. The van der Waals surface area contributed by atoms with Gasteiger partial charge < -0.3 is 10.2 Å². The predicted octanol–water partition coefficient (Wildman–Crippen LogP) is 1.13. The minimum Gasteiger partial charge on any atom is -0.501 e. The summed E-state index contributed by atoms with van der Waals surface area (Å²) < 4.78 is 28.0. The summed E-state index contributed by atoms with van der Waals surface area (Å²) in [4.78, 5) is 26.0. The molecule has 0 fully saturated rings. The summed E-state index contributed by atoms with van der Waals surface area (Å²) in [7, 11) is 1.11. The van der Waals surface area contributed by atoms with E-state index in [0.717, 1.165) is 25.2 Å². The van der Waals surface area contributed by atoms with Crippen molar-refractivity contribution in [1.29, 1.82) is 0 Å². The van der Waals surface area contributed by atoms with Crippen molar-refractivity contribution in [1.82, 2.24) is 9.55 Å². The van der Waals surface area contributed by atoms with Gasteiger partial charge in [-0.3, -0.25) is 9.36 Å². The Kier molecular flexibility index (Phi) is 3.23. The number of hydrogen-bond acceptors (Lipinski definition) is 4. The molecule has 2 N–H and O–H groups in total. The Balaban J connectivity index is 2.89. The lowest BCUT2D eigenvalue weighted by Gasteiger charge is -2.11. The number of nitrogens with zero attached hydrogens (tertiary/aromatic N) is 2.